The van der Waals surface area contributed by atoms with Gasteiger partial charge in [0.25, 0.3) is 11.8 Å². The smallest absolute Gasteiger partial charge is 0.260 e. The molecule has 2 aliphatic heterocycles. The van der Waals surface area contributed by atoms with Gasteiger partial charge in [0.15, 0.2) is 0 Å². The highest BCUT2D eigenvalue weighted by molar-refractivity contribution is 6.36. The number of likely N-dealkylation sites (N-methyl/N-ethyl adjacent to an activating group) is 1. The molecule has 6 nitrogen and oxygen atoms in total. The number of fused-ring (bicyclic) bond motifs is 2. The summed E-state index contributed by atoms with van der Waals surface area (Å²) in [7, 11) is 0. The maximum Gasteiger partial charge on any atom is 0.260 e. The van der Waals surface area contributed by atoms with Gasteiger partial charge < -0.3 is 20.3 Å². The molecule has 2 aliphatic rings. The molecule has 0 atom stereocenters. The Morgan fingerprint density at radius 1 is 1.17 bits per heavy atom. The van der Waals surface area contributed by atoms with Crippen LogP contribution in [0, 0.1) is 5.82 Å². The Kier molecular flexibility index (Phi) is 5.55. The minimum Gasteiger partial charge on any atom is -0.487 e. The van der Waals surface area contributed by atoms with Crippen LogP contribution >= 0.6 is 0 Å². The van der Waals surface area contributed by atoms with Gasteiger partial charge in [0.1, 0.15) is 18.2 Å². The highest BCUT2D eigenvalue weighted by Gasteiger charge is 2.33. The van der Waals surface area contributed by atoms with E-state index in [9.17, 15) is 14.0 Å². The standard InChI is InChI=1S/C23H24FN3O3/c1-3-27(4-2)10-9-25-22(28)14-5-7-17-15(11-14)13-30-21(17)20-18-12-16(24)6-8-19(18)26-23(20)29/h5-8,11-12H,3-4,9-10,13H2,1-2H3,(H,25,28)(H,26,29). The van der Waals surface area contributed by atoms with Gasteiger partial charge in [-0.25, -0.2) is 4.39 Å². The van der Waals surface area contributed by atoms with E-state index < -0.39 is 5.82 Å². The number of rotatable bonds is 6. The number of ether oxygens (including phenoxy) is 1. The normalized spacial score (nSPS) is 16.9. The number of nitrogens with zero attached hydrogens (tertiary/aromatic N) is 1. The second kappa shape index (κ2) is 8.28. The molecule has 0 unspecified atom stereocenters. The highest BCUT2D eigenvalue weighted by atomic mass is 19.1. The Balaban J connectivity index is 1.56. The Labute approximate surface area is 174 Å². The van der Waals surface area contributed by atoms with Crippen molar-refractivity contribution in [1.82, 2.24) is 10.2 Å². The number of hydrogen-bond donors (Lipinski definition) is 2. The van der Waals surface area contributed by atoms with E-state index in [0.717, 1.165) is 30.8 Å². The van der Waals surface area contributed by atoms with E-state index in [-0.39, 0.29) is 18.4 Å². The number of benzene rings is 2. The fourth-order valence-corrected chi connectivity index (χ4v) is 3.84. The highest BCUT2D eigenvalue weighted by Crippen LogP contribution is 2.41. The van der Waals surface area contributed by atoms with Crippen molar-refractivity contribution in [3.63, 3.8) is 0 Å². The van der Waals surface area contributed by atoms with E-state index in [1.54, 1.807) is 18.2 Å². The quantitative estimate of drug-likeness (QED) is 0.719. The Morgan fingerprint density at radius 2 is 1.97 bits per heavy atom. The van der Waals surface area contributed by atoms with E-state index in [1.807, 2.05) is 0 Å². The molecule has 0 aromatic heterocycles. The molecule has 0 saturated heterocycles. The average Bonchev–Trinajstić information content (AvgIpc) is 3.29. The van der Waals surface area contributed by atoms with Crippen LogP contribution in [0.15, 0.2) is 36.4 Å². The molecule has 2 aromatic rings. The van der Waals surface area contributed by atoms with Crippen LogP contribution in [0.2, 0.25) is 0 Å². The first kappa shape index (κ1) is 20.1. The van der Waals surface area contributed by atoms with Gasteiger partial charge in [-0.15, -0.1) is 0 Å². The fourth-order valence-electron chi connectivity index (χ4n) is 3.84. The van der Waals surface area contributed by atoms with E-state index in [1.165, 1.54) is 18.2 Å². The van der Waals surface area contributed by atoms with Gasteiger partial charge in [0, 0.05) is 41.0 Å². The minimum atomic E-state index is -0.418. The van der Waals surface area contributed by atoms with Crippen molar-refractivity contribution in [3.8, 4) is 0 Å². The third-order valence-corrected chi connectivity index (χ3v) is 5.55. The number of carbonyl (C=O) groups is 2. The van der Waals surface area contributed by atoms with E-state index in [4.69, 9.17) is 4.74 Å². The molecule has 0 radical (unpaired) electrons. The lowest BCUT2D eigenvalue weighted by atomic mass is 9.99. The van der Waals surface area contributed by atoms with Gasteiger partial charge in [0.05, 0.1) is 5.57 Å². The minimum absolute atomic E-state index is 0.142. The van der Waals surface area contributed by atoms with E-state index in [2.05, 4.69) is 29.4 Å². The summed E-state index contributed by atoms with van der Waals surface area (Å²) in [6.07, 6.45) is 0. The second-order valence-corrected chi connectivity index (χ2v) is 7.29. The number of anilines is 1. The van der Waals surface area contributed by atoms with Crippen LogP contribution < -0.4 is 10.6 Å². The molecule has 0 fully saturated rings. The number of amides is 2. The lowest BCUT2D eigenvalue weighted by Gasteiger charge is -2.18. The summed E-state index contributed by atoms with van der Waals surface area (Å²) >= 11 is 0. The van der Waals surface area contributed by atoms with E-state index >= 15 is 0 Å². The third-order valence-electron chi connectivity index (χ3n) is 5.55. The van der Waals surface area contributed by atoms with Crippen LogP contribution in [0.5, 0.6) is 0 Å². The zero-order valence-corrected chi connectivity index (χ0v) is 17.0. The first-order valence-electron chi connectivity index (χ1n) is 10.1. The summed E-state index contributed by atoms with van der Waals surface area (Å²) in [6, 6.07) is 9.47. The van der Waals surface area contributed by atoms with Crippen molar-refractivity contribution in [3.05, 3.63) is 64.5 Å². The molecular formula is C23H24FN3O3. The van der Waals surface area contributed by atoms with Gasteiger partial charge in [-0.2, -0.15) is 0 Å². The van der Waals surface area contributed by atoms with Gasteiger partial charge >= 0.3 is 0 Å². The molecule has 156 valence electrons. The monoisotopic (exact) mass is 409 g/mol. The summed E-state index contributed by atoms with van der Waals surface area (Å²) in [5.74, 6) is -0.465. The molecule has 0 bridgehead atoms. The molecule has 2 aromatic carbocycles. The zero-order chi connectivity index (χ0) is 21.3. The van der Waals surface area contributed by atoms with Crippen molar-refractivity contribution in [2.75, 3.05) is 31.5 Å². The Bertz CT molecular complexity index is 1040. The maximum absolute atomic E-state index is 13.7. The van der Waals surface area contributed by atoms with Crippen molar-refractivity contribution in [2.45, 2.75) is 20.5 Å². The molecule has 2 amide bonds. The third kappa shape index (κ3) is 3.68. The Hall–Kier alpha value is -3.19. The number of halogens is 1. The van der Waals surface area contributed by atoms with E-state index in [0.29, 0.717) is 34.7 Å². The molecular weight excluding hydrogens is 385 g/mol. The van der Waals surface area contributed by atoms with Crippen molar-refractivity contribution >= 4 is 28.8 Å². The summed E-state index contributed by atoms with van der Waals surface area (Å²) in [4.78, 5) is 27.2. The van der Waals surface area contributed by atoms with Gasteiger partial charge in [-0.3, -0.25) is 9.59 Å². The summed E-state index contributed by atoms with van der Waals surface area (Å²) in [5.41, 5.74) is 3.49. The van der Waals surface area contributed by atoms with Gasteiger partial charge in [0.2, 0.25) is 0 Å². The molecule has 0 aliphatic carbocycles. The first-order valence-corrected chi connectivity index (χ1v) is 10.1. The van der Waals surface area contributed by atoms with Crippen LogP contribution in [-0.2, 0) is 16.1 Å². The molecule has 2 N–H and O–H groups in total. The second-order valence-electron chi connectivity index (χ2n) is 7.29. The SMILES string of the molecule is CCN(CC)CCNC(=O)c1ccc2c(c1)COC2=C1C(=O)Nc2ccc(F)cc21. The average molecular weight is 409 g/mol. The lowest BCUT2D eigenvalue weighted by molar-refractivity contribution is -0.110. The number of nitrogens with one attached hydrogen (secondary N) is 2. The van der Waals surface area contributed by atoms with Crippen molar-refractivity contribution in [2.24, 2.45) is 0 Å². The maximum atomic E-state index is 13.7. The van der Waals surface area contributed by atoms with Gasteiger partial charge in [-0.1, -0.05) is 19.9 Å². The molecule has 0 saturated carbocycles. The number of carbonyl (C=O) groups excluding carboxylic acids is 2. The lowest BCUT2D eigenvalue weighted by Crippen LogP contribution is -2.34. The van der Waals surface area contributed by atoms with Crippen LogP contribution in [0.25, 0.3) is 11.3 Å². The molecule has 7 heteroatoms. The van der Waals surface area contributed by atoms with Crippen LogP contribution in [0.4, 0.5) is 10.1 Å². The molecule has 0 spiro atoms. The first-order chi connectivity index (χ1) is 14.5. The topological polar surface area (TPSA) is 70.7 Å². The van der Waals surface area contributed by atoms with Crippen LogP contribution in [-0.4, -0.2) is 42.9 Å². The van der Waals surface area contributed by atoms with Crippen LogP contribution in [0.1, 0.15) is 40.9 Å². The summed E-state index contributed by atoms with van der Waals surface area (Å²) < 4.78 is 19.5. The van der Waals surface area contributed by atoms with Crippen molar-refractivity contribution < 1.29 is 18.7 Å². The zero-order valence-electron chi connectivity index (χ0n) is 17.0. The predicted octanol–water partition coefficient (Wildman–Crippen LogP) is 3.25. The van der Waals surface area contributed by atoms with Crippen molar-refractivity contribution in [1.29, 1.82) is 0 Å². The fraction of sp³-hybridized carbons (Fsp3) is 0.304. The summed E-state index contributed by atoms with van der Waals surface area (Å²) in [6.45, 7) is 7.71. The molecule has 2 heterocycles. The molecule has 4 rings (SSSR count). The van der Waals surface area contributed by atoms with Crippen LogP contribution in [0.3, 0.4) is 0 Å². The molecule has 30 heavy (non-hydrogen) atoms. The predicted molar refractivity (Wildman–Crippen MR) is 113 cm³/mol. The number of hydrogen-bond acceptors (Lipinski definition) is 4. The van der Waals surface area contributed by atoms with Gasteiger partial charge in [-0.05, 0) is 43.4 Å². The summed E-state index contributed by atoms with van der Waals surface area (Å²) in [5, 5.41) is 5.68. The Morgan fingerprint density at radius 3 is 2.73 bits per heavy atom. The largest absolute Gasteiger partial charge is 0.487 e.